The molecule has 0 unspecified atom stereocenters. The molecule has 0 heterocycles. The molecule has 174 valence electrons. The van der Waals surface area contributed by atoms with Crippen molar-refractivity contribution in [2.75, 3.05) is 11.9 Å². The molecule has 0 fully saturated rings. The average molecular weight is 519 g/mol. The van der Waals surface area contributed by atoms with Gasteiger partial charge in [-0.1, -0.05) is 63.5 Å². The number of carbonyl (C=O) groups is 1. The van der Waals surface area contributed by atoms with E-state index in [1.807, 2.05) is 76.2 Å². The Morgan fingerprint density at radius 2 is 1.68 bits per heavy atom. The summed E-state index contributed by atoms with van der Waals surface area (Å²) in [7, 11) is 0. The third kappa shape index (κ3) is 6.49. The Morgan fingerprint density at radius 3 is 2.32 bits per heavy atom. The van der Waals surface area contributed by atoms with Crippen LogP contribution in [0.2, 0.25) is 0 Å². The number of anilines is 1. The molecule has 0 bridgehead atoms. The second-order valence-corrected chi connectivity index (χ2v) is 8.82. The van der Waals surface area contributed by atoms with Crippen molar-refractivity contribution in [2.24, 2.45) is 0 Å². The fourth-order valence-corrected chi connectivity index (χ4v) is 3.77. The molecule has 0 saturated carbocycles. The van der Waals surface area contributed by atoms with Gasteiger partial charge < -0.3 is 14.8 Å². The third-order valence-electron chi connectivity index (χ3n) is 5.17. The quantitative estimate of drug-likeness (QED) is 0.260. The van der Waals surface area contributed by atoms with Crippen LogP contribution in [0.15, 0.2) is 64.6 Å². The lowest BCUT2D eigenvalue weighted by molar-refractivity contribution is -0.112. The number of benzene rings is 3. The van der Waals surface area contributed by atoms with Crippen LogP contribution in [0.25, 0.3) is 6.08 Å². The van der Waals surface area contributed by atoms with Gasteiger partial charge >= 0.3 is 0 Å². The van der Waals surface area contributed by atoms with E-state index in [0.717, 1.165) is 16.7 Å². The lowest BCUT2D eigenvalue weighted by Crippen LogP contribution is -2.14. The van der Waals surface area contributed by atoms with Gasteiger partial charge in [0.2, 0.25) is 0 Å². The van der Waals surface area contributed by atoms with E-state index in [2.05, 4.69) is 21.2 Å². The van der Waals surface area contributed by atoms with Gasteiger partial charge in [0.15, 0.2) is 11.5 Å². The fraction of sp³-hybridized carbons (Fsp3) is 0.214. The molecule has 3 aromatic rings. The summed E-state index contributed by atoms with van der Waals surface area (Å²) in [6.07, 6.45) is 1.54. The SMILES string of the molecule is CCOc1cc(/C=C(\C#N)C(=O)Nc2ccc(C)cc2C)c(Br)cc1OCc1ccc(C)cc1. The molecule has 5 nitrogen and oxygen atoms in total. The number of nitrogens with one attached hydrogen (secondary N) is 1. The molecule has 0 aromatic heterocycles. The zero-order valence-corrected chi connectivity index (χ0v) is 21.3. The summed E-state index contributed by atoms with van der Waals surface area (Å²) in [5.74, 6) is 0.639. The monoisotopic (exact) mass is 518 g/mol. The molecule has 0 radical (unpaired) electrons. The molecule has 0 spiro atoms. The Bertz CT molecular complexity index is 1260. The topological polar surface area (TPSA) is 71.3 Å². The minimum Gasteiger partial charge on any atom is -0.490 e. The average Bonchev–Trinajstić information content (AvgIpc) is 2.81. The molecule has 0 aliphatic rings. The van der Waals surface area contributed by atoms with Gasteiger partial charge in [-0.15, -0.1) is 0 Å². The third-order valence-corrected chi connectivity index (χ3v) is 5.86. The number of carbonyl (C=O) groups excluding carboxylic acids is 1. The summed E-state index contributed by atoms with van der Waals surface area (Å²) in [5, 5.41) is 12.5. The molecule has 0 aliphatic carbocycles. The van der Waals surface area contributed by atoms with E-state index in [0.29, 0.717) is 40.4 Å². The van der Waals surface area contributed by atoms with Gasteiger partial charge in [0.1, 0.15) is 18.2 Å². The fourth-order valence-electron chi connectivity index (χ4n) is 3.34. The van der Waals surface area contributed by atoms with Crippen LogP contribution in [0, 0.1) is 32.1 Å². The van der Waals surface area contributed by atoms with Gasteiger partial charge in [-0.25, -0.2) is 0 Å². The first-order chi connectivity index (χ1) is 16.3. The molecule has 0 aliphatic heterocycles. The first kappa shape index (κ1) is 25.1. The number of rotatable bonds is 8. The first-order valence-corrected chi connectivity index (χ1v) is 11.7. The van der Waals surface area contributed by atoms with E-state index in [1.165, 1.54) is 11.6 Å². The number of nitriles is 1. The summed E-state index contributed by atoms with van der Waals surface area (Å²) in [4.78, 5) is 12.8. The van der Waals surface area contributed by atoms with Crippen LogP contribution in [-0.2, 0) is 11.4 Å². The zero-order chi connectivity index (χ0) is 24.7. The number of ether oxygens (including phenoxy) is 2. The summed E-state index contributed by atoms with van der Waals surface area (Å²) >= 11 is 3.54. The Balaban J connectivity index is 1.85. The van der Waals surface area contributed by atoms with Crippen molar-refractivity contribution in [3.63, 3.8) is 0 Å². The number of aryl methyl sites for hydroxylation is 3. The van der Waals surface area contributed by atoms with Crippen molar-refractivity contribution in [2.45, 2.75) is 34.3 Å². The highest BCUT2D eigenvalue weighted by atomic mass is 79.9. The number of nitrogens with zero attached hydrogens (tertiary/aromatic N) is 1. The van der Waals surface area contributed by atoms with Crippen molar-refractivity contribution >= 4 is 33.6 Å². The van der Waals surface area contributed by atoms with E-state index in [1.54, 1.807) is 12.1 Å². The van der Waals surface area contributed by atoms with Gasteiger partial charge in [-0.2, -0.15) is 5.26 Å². The molecular weight excluding hydrogens is 492 g/mol. The van der Waals surface area contributed by atoms with Gasteiger partial charge in [0, 0.05) is 10.2 Å². The lowest BCUT2D eigenvalue weighted by Gasteiger charge is -2.14. The predicted molar refractivity (Wildman–Crippen MR) is 139 cm³/mol. The maximum Gasteiger partial charge on any atom is 0.266 e. The number of halogens is 1. The van der Waals surface area contributed by atoms with Crippen LogP contribution in [0.1, 0.15) is 34.7 Å². The van der Waals surface area contributed by atoms with Crippen LogP contribution >= 0.6 is 15.9 Å². The van der Waals surface area contributed by atoms with Crippen LogP contribution in [0.3, 0.4) is 0 Å². The first-order valence-electron chi connectivity index (χ1n) is 11.0. The Morgan fingerprint density at radius 1 is 1.00 bits per heavy atom. The van der Waals surface area contributed by atoms with Crippen molar-refractivity contribution in [1.29, 1.82) is 5.26 Å². The normalized spacial score (nSPS) is 11.0. The van der Waals surface area contributed by atoms with Gasteiger partial charge in [0.25, 0.3) is 5.91 Å². The Labute approximate surface area is 209 Å². The Kier molecular flexibility index (Phi) is 8.50. The minimum absolute atomic E-state index is 0.0172. The largest absolute Gasteiger partial charge is 0.490 e. The molecule has 1 amide bonds. The smallest absolute Gasteiger partial charge is 0.266 e. The van der Waals surface area contributed by atoms with Crippen LogP contribution in [0.5, 0.6) is 11.5 Å². The lowest BCUT2D eigenvalue weighted by atomic mass is 10.1. The van der Waals surface area contributed by atoms with Gasteiger partial charge in [-0.05, 0) is 68.7 Å². The summed E-state index contributed by atoms with van der Waals surface area (Å²) in [6, 6.07) is 19.4. The van der Waals surface area contributed by atoms with E-state index < -0.39 is 5.91 Å². The highest BCUT2D eigenvalue weighted by Gasteiger charge is 2.15. The van der Waals surface area contributed by atoms with Gasteiger partial charge in [0.05, 0.1) is 6.61 Å². The van der Waals surface area contributed by atoms with Crippen LogP contribution < -0.4 is 14.8 Å². The minimum atomic E-state index is -0.473. The Hall–Kier alpha value is -3.56. The van der Waals surface area contributed by atoms with Crippen LogP contribution in [0.4, 0.5) is 5.69 Å². The van der Waals surface area contributed by atoms with E-state index in [9.17, 15) is 10.1 Å². The molecule has 3 aromatic carbocycles. The molecule has 0 saturated heterocycles. The zero-order valence-electron chi connectivity index (χ0n) is 19.7. The highest BCUT2D eigenvalue weighted by Crippen LogP contribution is 2.35. The molecular formula is C28H27BrN2O3. The second kappa shape index (κ2) is 11.5. The van der Waals surface area contributed by atoms with Gasteiger partial charge in [-0.3, -0.25) is 4.79 Å². The van der Waals surface area contributed by atoms with Crippen molar-refractivity contribution in [3.05, 3.63) is 92.5 Å². The van der Waals surface area contributed by atoms with Crippen molar-refractivity contribution < 1.29 is 14.3 Å². The standard InChI is InChI=1S/C28H27BrN2O3/c1-5-33-26-14-22(24(29)15-27(26)34-17-21-9-6-18(2)7-10-21)13-23(16-30)28(32)31-25-11-8-19(3)12-20(25)4/h6-15H,5,17H2,1-4H3,(H,31,32)/b23-13+. The summed E-state index contributed by atoms with van der Waals surface area (Å²) in [5.41, 5.74) is 5.56. The summed E-state index contributed by atoms with van der Waals surface area (Å²) < 4.78 is 12.5. The predicted octanol–water partition coefficient (Wildman–Crippen LogP) is 6.90. The number of amides is 1. The molecule has 6 heteroatoms. The highest BCUT2D eigenvalue weighted by molar-refractivity contribution is 9.10. The van der Waals surface area contributed by atoms with Crippen molar-refractivity contribution in [1.82, 2.24) is 0 Å². The summed E-state index contributed by atoms with van der Waals surface area (Å²) in [6.45, 7) is 8.67. The van der Waals surface area contributed by atoms with E-state index >= 15 is 0 Å². The molecule has 3 rings (SSSR count). The second-order valence-electron chi connectivity index (χ2n) is 7.97. The number of hydrogen-bond donors (Lipinski definition) is 1. The van der Waals surface area contributed by atoms with E-state index in [-0.39, 0.29) is 5.57 Å². The number of hydrogen-bond acceptors (Lipinski definition) is 4. The maximum atomic E-state index is 12.8. The van der Waals surface area contributed by atoms with Crippen molar-refractivity contribution in [3.8, 4) is 17.6 Å². The molecule has 1 N–H and O–H groups in total. The maximum absolute atomic E-state index is 12.8. The van der Waals surface area contributed by atoms with E-state index in [4.69, 9.17) is 9.47 Å². The van der Waals surface area contributed by atoms with Crippen LogP contribution in [-0.4, -0.2) is 12.5 Å². The molecule has 34 heavy (non-hydrogen) atoms. The molecule has 0 atom stereocenters.